The first-order valence-electron chi connectivity index (χ1n) is 21.5. The Kier molecular flexibility index (Phi) is 16.0. The van der Waals surface area contributed by atoms with Gasteiger partial charge in [0.25, 0.3) is 0 Å². The number of amides is 1. The predicted molar refractivity (Wildman–Crippen MR) is 223 cm³/mol. The zero-order valence-corrected chi connectivity index (χ0v) is 36.8. The summed E-state index contributed by atoms with van der Waals surface area (Å²) >= 11 is 0. The molecule has 4 aliphatic heterocycles. The first-order chi connectivity index (χ1) is 30.3. The van der Waals surface area contributed by atoms with Crippen LogP contribution in [-0.2, 0) is 86.3 Å². The fraction of sp³-hybridized carbons (Fsp3) is 0.574. The SMILES string of the molecule is CO[C@@H]1O[C@@H](C)[C@H](OCc2ccccc2)[C@@H](OCc2ccccc2)[C@H]1O[C@@H]1O[C@@H]2COC(C)(C)O[C@H]2[C@H](O[C@@H]2O[C@@H](C)[C@H](OCc3ccccc3)[C@@H](O)[C@H]2OC(C)=O)[C@H]1NC(C)=O. The van der Waals surface area contributed by atoms with E-state index in [9.17, 15) is 14.7 Å². The van der Waals surface area contributed by atoms with Crippen LogP contribution in [0.4, 0.5) is 0 Å². The molecule has 0 saturated carbocycles. The minimum absolute atomic E-state index is 0.0557. The van der Waals surface area contributed by atoms with Gasteiger partial charge in [0.15, 0.2) is 30.8 Å². The highest BCUT2D eigenvalue weighted by Gasteiger charge is 2.58. The third-order valence-electron chi connectivity index (χ3n) is 11.5. The minimum atomic E-state index is -1.38. The summed E-state index contributed by atoms with van der Waals surface area (Å²) in [5, 5.41) is 14.8. The van der Waals surface area contributed by atoms with Crippen LogP contribution in [0.2, 0.25) is 0 Å². The molecule has 4 saturated heterocycles. The quantitative estimate of drug-likeness (QED) is 0.195. The summed E-state index contributed by atoms with van der Waals surface area (Å²) in [5.41, 5.74) is 2.76. The molecular weight excluding hydrogens is 819 g/mol. The van der Waals surface area contributed by atoms with E-state index in [2.05, 4.69) is 5.32 Å². The van der Waals surface area contributed by atoms with Gasteiger partial charge in [-0.25, -0.2) is 0 Å². The molecule has 1 amide bonds. The van der Waals surface area contributed by atoms with Gasteiger partial charge in [0, 0.05) is 21.0 Å². The van der Waals surface area contributed by atoms with E-state index in [0.717, 1.165) is 16.7 Å². The number of aliphatic hydroxyl groups is 1. The van der Waals surface area contributed by atoms with Crippen molar-refractivity contribution in [3.8, 4) is 0 Å². The summed E-state index contributed by atoms with van der Waals surface area (Å²) in [6.45, 7) is 10.4. The number of rotatable bonds is 16. The van der Waals surface area contributed by atoms with E-state index in [1.165, 1.54) is 21.0 Å². The third-order valence-corrected chi connectivity index (χ3v) is 11.5. The molecule has 4 aliphatic rings. The monoisotopic (exact) mass is 879 g/mol. The highest BCUT2D eigenvalue weighted by Crippen LogP contribution is 2.39. The highest BCUT2D eigenvalue weighted by molar-refractivity contribution is 5.73. The molecule has 0 unspecified atom stereocenters. The van der Waals surface area contributed by atoms with Gasteiger partial charge in [0.1, 0.15) is 54.9 Å². The standard InChI is InChI=1S/C47H61NO15/c1-27-37(53-23-31-17-11-8-12-18-31)36(51)41(59-30(4)50)46(58-27)61-40-35(48-29(3)49)44(60-34-26-56-47(5,6)63-39(34)40)62-43-42(55-25-33-21-15-10-16-22-33)38(28(2)57-45(43)52-7)54-24-32-19-13-9-14-20-32/h8-22,27-28,34-46,51H,23-26H2,1-7H3,(H,48,49)/t27-,28-,34+,35+,36+,37-,38-,39+,40+,41+,42+,43+,44-,45+,46-/m0/s1. The number of fused-ring (bicyclic) bond motifs is 1. The van der Waals surface area contributed by atoms with Gasteiger partial charge < -0.3 is 67.3 Å². The third kappa shape index (κ3) is 11.9. The van der Waals surface area contributed by atoms with Crippen LogP contribution in [0.1, 0.15) is 58.2 Å². The Bertz CT molecular complexity index is 1890. The lowest BCUT2D eigenvalue weighted by Crippen LogP contribution is -2.72. The van der Waals surface area contributed by atoms with Crippen molar-refractivity contribution in [3.05, 3.63) is 108 Å². The van der Waals surface area contributed by atoms with Crippen molar-refractivity contribution in [3.63, 3.8) is 0 Å². The van der Waals surface area contributed by atoms with Gasteiger partial charge >= 0.3 is 5.97 Å². The molecule has 4 fully saturated rings. The Balaban J connectivity index is 1.20. The summed E-state index contributed by atoms with van der Waals surface area (Å²) < 4.78 is 76.9. The molecule has 0 bridgehead atoms. The summed E-state index contributed by atoms with van der Waals surface area (Å²) in [6, 6.07) is 27.8. The van der Waals surface area contributed by atoms with Crippen LogP contribution in [0.15, 0.2) is 91.0 Å². The van der Waals surface area contributed by atoms with Crippen LogP contribution < -0.4 is 5.32 Å². The Labute approximate surface area is 368 Å². The van der Waals surface area contributed by atoms with E-state index in [0.29, 0.717) is 0 Å². The fourth-order valence-corrected chi connectivity index (χ4v) is 8.48. The molecule has 4 heterocycles. The van der Waals surface area contributed by atoms with Gasteiger partial charge in [-0.3, -0.25) is 9.59 Å². The molecule has 3 aromatic rings. The maximum atomic E-state index is 13.2. The topological polar surface area (TPSA) is 177 Å². The average Bonchev–Trinajstić information content (AvgIpc) is 3.26. The molecule has 0 radical (unpaired) electrons. The minimum Gasteiger partial charge on any atom is -0.454 e. The van der Waals surface area contributed by atoms with Crippen LogP contribution in [0.5, 0.6) is 0 Å². The Hall–Kier alpha value is -3.88. The first-order valence-corrected chi connectivity index (χ1v) is 21.5. The molecule has 0 spiro atoms. The number of ether oxygens (including phenoxy) is 12. The lowest BCUT2D eigenvalue weighted by Gasteiger charge is -2.54. The molecule has 3 aromatic carbocycles. The normalized spacial score (nSPS) is 35.3. The molecule has 7 rings (SSSR count). The van der Waals surface area contributed by atoms with Gasteiger partial charge in [-0.2, -0.15) is 0 Å². The number of hydrogen-bond donors (Lipinski definition) is 2. The molecule has 0 aliphatic carbocycles. The van der Waals surface area contributed by atoms with Crippen molar-refractivity contribution >= 4 is 11.9 Å². The van der Waals surface area contributed by atoms with Gasteiger partial charge in [-0.05, 0) is 44.4 Å². The average molecular weight is 880 g/mol. The Morgan fingerprint density at radius 1 is 0.667 bits per heavy atom. The smallest absolute Gasteiger partial charge is 0.303 e. The summed E-state index contributed by atoms with van der Waals surface area (Å²) in [6.07, 6.45) is -13.7. The van der Waals surface area contributed by atoms with Crippen LogP contribution in [0, 0.1) is 0 Å². The van der Waals surface area contributed by atoms with Crippen LogP contribution in [-0.4, -0.2) is 129 Å². The highest BCUT2D eigenvalue weighted by atomic mass is 16.8. The van der Waals surface area contributed by atoms with Crippen molar-refractivity contribution in [2.75, 3.05) is 13.7 Å². The number of methoxy groups -OCH3 is 1. The summed E-state index contributed by atoms with van der Waals surface area (Å²) in [4.78, 5) is 25.8. The van der Waals surface area contributed by atoms with Crippen molar-refractivity contribution in [1.82, 2.24) is 5.32 Å². The van der Waals surface area contributed by atoms with Gasteiger partial charge in [0.2, 0.25) is 5.91 Å². The summed E-state index contributed by atoms with van der Waals surface area (Å²) in [7, 11) is 1.51. The lowest BCUT2D eigenvalue weighted by molar-refractivity contribution is -0.407. The molecule has 63 heavy (non-hydrogen) atoms. The van der Waals surface area contributed by atoms with Crippen molar-refractivity contribution in [1.29, 1.82) is 0 Å². The number of carbonyl (C=O) groups is 2. The van der Waals surface area contributed by atoms with Gasteiger partial charge in [-0.15, -0.1) is 0 Å². The zero-order chi connectivity index (χ0) is 44.7. The van der Waals surface area contributed by atoms with E-state index in [1.807, 2.05) is 97.9 Å². The maximum Gasteiger partial charge on any atom is 0.303 e. The second-order valence-corrected chi connectivity index (χ2v) is 16.8. The van der Waals surface area contributed by atoms with Gasteiger partial charge in [0.05, 0.1) is 38.6 Å². The molecule has 15 atom stereocenters. The Morgan fingerprint density at radius 2 is 1.17 bits per heavy atom. The number of nitrogens with one attached hydrogen (secondary N) is 1. The molecule has 0 aromatic heterocycles. The maximum absolute atomic E-state index is 13.2. The largest absolute Gasteiger partial charge is 0.454 e. The predicted octanol–water partition coefficient (Wildman–Crippen LogP) is 4.32. The lowest BCUT2D eigenvalue weighted by atomic mass is 9.93. The molecule has 16 nitrogen and oxygen atoms in total. The van der Waals surface area contributed by atoms with Crippen LogP contribution in [0.3, 0.4) is 0 Å². The second-order valence-electron chi connectivity index (χ2n) is 16.8. The van der Waals surface area contributed by atoms with Crippen LogP contribution in [0.25, 0.3) is 0 Å². The number of benzene rings is 3. The molecular formula is C47H61NO15. The number of carbonyl (C=O) groups excluding carboxylic acids is 2. The van der Waals surface area contributed by atoms with E-state index in [4.69, 9.17) is 56.8 Å². The number of esters is 1. The molecule has 344 valence electrons. The van der Waals surface area contributed by atoms with E-state index in [-0.39, 0.29) is 26.4 Å². The Morgan fingerprint density at radius 3 is 1.71 bits per heavy atom. The number of aliphatic hydroxyl groups excluding tert-OH is 1. The van der Waals surface area contributed by atoms with E-state index >= 15 is 0 Å². The van der Waals surface area contributed by atoms with Crippen molar-refractivity contribution < 1.29 is 71.5 Å². The fourth-order valence-electron chi connectivity index (χ4n) is 8.48. The van der Waals surface area contributed by atoms with Crippen molar-refractivity contribution in [2.24, 2.45) is 0 Å². The molecule has 2 N–H and O–H groups in total. The summed E-state index contributed by atoms with van der Waals surface area (Å²) in [5.74, 6) is -2.21. The van der Waals surface area contributed by atoms with Gasteiger partial charge in [-0.1, -0.05) is 91.0 Å². The first kappa shape index (κ1) is 47.1. The van der Waals surface area contributed by atoms with E-state index < -0.39 is 110 Å². The van der Waals surface area contributed by atoms with Crippen molar-refractivity contribution in [2.45, 2.75) is 159 Å². The van der Waals surface area contributed by atoms with Crippen LogP contribution >= 0.6 is 0 Å². The second kappa shape index (κ2) is 21.4. The number of hydrogen-bond acceptors (Lipinski definition) is 15. The molecule has 16 heteroatoms. The zero-order valence-electron chi connectivity index (χ0n) is 36.8. The van der Waals surface area contributed by atoms with E-state index in [1.54, 1.807) is 20.8 Å².